The van der Waals surface area contributed by atoms with E-state index in [0.717, 1.165) is 66.8 Å². The van der Waals surface area contributed by atoms with Crippen molar-refractivity contribution in [2.24, 2.45) is 0 Å². The number of anilines is 6. The van der Waals surface area contributed by atoms with Gasteiger partial charge in [0.2, 0.25) is 0 Å². The molecule has 3 nitrogen and oxygen atoms in total. The molecule has 8 aromatic carbocycles. The third-order valence-corrected chi connectivity index (χ3v) is 10.0. The van der Waals surface area contributed by atoms with Crippen molar-refractivity contribution >= 4 is 77.6 Å². The summed E-state index contributed by atoms with van der Waals surface area (Å²) in [7, 11) is 0. The summed E-state index contributed by atoms with van der Waals surface area (Å²) < 4.78 is 6.64. The molecule has 0 N–H and O–H groups in total. The van der Waals surface area contributed by atoms with E-state index in [0.29, 0.717) is 0 Å². The second-order valence-electron chi connectivity index (χ2n) is 13.9. The Morgan fingerprint density at radius 1 is 0.314 bits per heavy atom. The Kier molecular flexibility index (Phi) is 7.36. The van der Waals surface area contributed by atoms with Crippen molar-refractivity contribution in [3.63, 3.8) is 0 Å². The average molecular weight is 659 g/mol. The molecule has 0 bridgehead atoms. The molecule has 1 aromatic heterocycles. The molecule has 9 aromatic rings. The Morgan fingerprint density at radius 2 is 0.706 bits per heavy atom. The van der Waals surface area contributed by atoms with Crippen LogP contribution in [-0.2, 0) is 0 Å². The summed E-state index contributed by atoms with van der Waals surface area (Å²) in [6.07, 6.45) is 0. The van der Waals surface area contributed by atoms with Crippen LogP contribution in [-0.4, -0.2) is 0 Å². The summed E-state index contributed by atoms with van der Waals surface area (Å²) in [4.78, 5) is 4.65. The zero-order chi connectivity index (χ0) is 34.6. The van der Waals surface area contributed by atoms with E-state index in [1.54, 1.807) is 0 Å². The summed E-state index contributed by atoms with van der Waals surface area (Å²) >= 11 is 0. The molecule has 0 atom stereocenters. The molecule has 0 aliphatic heterocycles. The van der Waals surface area contributed by atoms with Gasteiger partial charge in [0.25, 0.3) is 0 Å². The van der Waals surface area contributed by atoms with E-state index in [2.05, 4.69) is 195 Å². The number of hydrogen-bond acceptors (Lipinski definition) is 3. The molecule has 0 spiro atoms. The maximum atomic E-state index is 6.64. The van der Waals surface area contributed by atoms with Crippen LogP contribution in [0, 0.1) is 27.7 Å². The Bertz CT molecular complexity index is 2680. The van der Waals surface area contributed by atoms with E-state index in [1.807, 2.05) is 0 Å². The molecular weight excluding hydrogens is 621 g/mol. The Balaban J connectivity index is 1.15. The van der Waals surface area contributed by atoms with Gasteiger partial charge >= 0.3 is 0 Å². The van der Waals surface area contributed by atoms with Crippen molar-refractivity contribution in [1.29, 1.82) is 0 Å². The van der Waals surface area contributed by atoms with Crippen LogP contribution in [0.4, 0.5) is 34.1 Å². The van der Waals surface area contributed by atoms with Crippen LogP contribution < -0.4 is 9.80 Å². The minimum absolute atomic E-state index is 0.892. The second-order valence-corrected chi connectivity index (χ2v) is 13.9. The van der Waals surface area contributed by atoms with Gasteiger partial charge in [-0.1, -0.05) is 77.4 Å². The molecule has 0 saturated carbocycles. The van der Waals surface area contributed by atoms with Crippen LogP contribution in [0.25, 0.3) is 43.5 Å². The van der Waals surface area contributed by atoms with Gasteiger partial charge in [-0.05, 0) is 152 Å². The number of nitrogens with zero attached hydrogens (tertiary/aromatic N) is 2. The van der Waals surface area contributed by atoms with Gasteiger partial charge in [0.05, 0.1) is 0 Å². The highest BCUT2D eigenvalue weighted by Crippen LogP contribution is 2.41. The topological polar surface area (TPSA) is 19.6 Å². The molecule has 0 radical (unpaired) electrons. The molecule has 0 fully saturated rings. The van der Waals surface area contributed by atoms with Gasteiger partial charge in [0.1, 0.15) is 11.2 Å². The van der Waals surface area contributed by atoms with Crippen LogP contribution in [0.1, 0.15) is 22.3 Å². The largest absolute Gasteiger partial charge is 0.456 e. The molecule has 0 amide bonds. The molecule has 3 heteroatoms. The number of furan rings is 1. The van der Waals surface area contributed by atoms with Crippen LogP contribution >= 0.6 is 0 Å². The highest BCUT2D eigenvalue weighted by Gasteiger charge is 2.17. The van der Waals surface area contributed by atoms with Crippen molar-refractivity contribution in [1.82, 2.24) is 0 Å². The molecule has 0 aliphatic carbocycles. The van der Waals surface area contributed by atoms with Crippen LogP contribution in [0.2, 0.25) is 0 Å². The summed E-state index contributed by atoms with van der Waals surface area (Å²) in [5.74, 6) is 0. The van der Waals surface area contributed by atoms with Gasteiger partial charge < -0.3 is 14.2 Å². The Morgan fingerprint density at radius 3 is 1.14 bits per heavy atom. The number of rotatable bonds is 6. The highest BCUT2D eigenvalue weighted by atomic mass is 16.3. The SMILES string of the molecule is Cc1ccc(N(c2ccc(C)cc2)c2ccc3cc4c(cc3c2)oc2cc3cc(N(c5ccc(C)cc5)c5cccc(C)c5)ccc3cc24)cc1. The molecule has 0 aliphatic rings. The summed E-state index contributed by atoms with van der Waals surface area (Å²) in [5.41, 5.74) is 13.5. The van der Waals surface area contributed by atoms with E-state index in [9.17, 15) is 0 Å². The first-order valence-corrected chi connectivity index (χ1v) is 17.6. The fraction of sp³-hybridized carbons (Fsp3) is 0.0833. The van der Waals surface area contributed by atoms with E-state index in [-0.39, 0.29) is 0 Å². The molecular formula is C48H38N2O. The molecule has 9 rings (SSSR count). The summed E-state index contributed by atoms with van der Waals surface area (Å²) in [6.45, 7) is 8.52. The molecule has 246 valence electrons. The number of benzene rings is 8. The van der Waals surface area contributed by atoms with Crippen molar-refractivity contribution in [2.75, 3.05) is 9.80 Å². The quantitative estimate of drug-likeness (QED) is 0.177. The number of fused-ring (bicyclic) bond motifs is 5. The minimum atomic E-state index is 0.892. The summed E-state index contributed by atoms with van der Waals surface area (Å²) in [5, 5.41) is 6.91. The molecule has 0 unspecified atom stereocenters. The third-order valence-electron chi connectivity index (χ3n) is 10.0. The first kappa shape index (κ1) is 30.7. The van der Waals surface area contributed by atoms with E-state index in [1.165, 1.54) is 33.0 Å². The van der Waals surface area contributed by atoms with E-state index >= 15 is 0 Å². The van der Waals surface area contributed by atoms with Crippen molar-refractivity contribution < 1.29 is 4.42 Å². The van der Waals surface area contributed by atoms with Gasteiger partial charge in [0, 0.05) is 44.9 Å². The van der Waals surface area contributed by atoms with Gasteiger partial charge in [-0.3, -0.25) is 0 Å². The lowest BCUT2D eigenvalue weighted by atomic mass is 10.0. The normalized spacial score (nSPS) is 11.5. The lowest BCUT2D eigenvalue weighted by molar-refractivity contribution is 0.670. The average Bonchev–Trinajstić information content (AvgIpc) is 3.48. The lowest BCUT2D eigenvalue weighted by Crippen LogP contribution is -2.10. The Hall–Kier alpha value is -6.32. The smallest absolute Gasteiger partial charge is 0.136 e. The van der Waals surface area contributed by atoms with Gasteiger partial charge in [0.15, 0.2) is 0 Å². The molecule has 51 heavy (non-hydrogen) atoms. The fourth-order valence-corrected chi connectivity index (χ4v) is 7.26. The van der Waals surface area contributed by atoms with Crippen molar-refractivity contribution in [3.8, 4) is 0 Å². The van der Waals surface area contributed by atoms with Gasteiger partial charge in [-0.25, -0.2) is 0 Å². The van der Waals surface area contributed by atoms with Crippen LogP contribution in [0.3, 0.4) is 0 Å². The molecule has 0 saturated heterocycles. The maximum absolute atomic E-state index is 6.64. The Labute approximate surface area is 298 Å². The fourth-order valence-electron chi connectivity index (χ4n) is 7.26. The van der Waals surface area contributed by atoms with E-state index < -0.39 is 0 Å². The zero-order valence-electron chi connectivity index (χ0n) is 29.3. The number of hydrogen-bond donors (Lipinski definition) is 0. The van der Waals surface area contributed by atoms with Crippen molar-refractivity contribution in [2.45, 2.75) is 27.7 Å². The van der Waals surface area contributed by atoms with Gasteiger partial charge in [-0.2, -0.15) is 0 Å². The van der Waals surface area contributed by atoms with Crippen molar-refractivity contribution in [3.05, 3.63) is 180 Å². The predicted octanol–water partition coefficient (Wildman–Crippen LogP) is 14.1. The van der Waals surface area contributed by atoms with E-state index in [4.69, 9.17) is 4.42 Å². The second kappa shape index (κ2) is 12.2. The van der Waals surface area contributed by atoms with Gasteiger partial charge in [-0.15, -0.1) is 0 Å². The first-order valence-electron chi connectivity index (χ1n) is 17.6. The molecule has 1 heterocycles. The standard InChI is InChI=1S/C48H38N2O/c1-31-8-16-39(17-9-31)49(40-18-10-32(2)11-19-40)43-22-14-35-27-45-46-28-36-15-23-44(26-38(36)30-48(46)51-47(45)29-37(35)25-43)50(41-20-12-33(3)13-21-41)42-7-5-6-34(4)24-42/h5-30H,1-4H3. The first-order chi connectivity index (χ1) is 24.9. The predicted molar refractivity (Wildman–Crippen MR) is 217 cm³/mol. The minimum Gasteiger partial charge on any atom is -0.456 e. The summed E-state index contributed by atoms with van der Waals surface area (Å²) in [6, 6.07) is 57.3. The third kappa shape index (κ3) is 5.67. The monoisotopic (exact) mass is 658 g/mol. The van der Waals surface area contributed by atoms with Crippen LogP contribution in [0.5, 0.6) is 0 Å². The lowest BCUT2D eigenvalue weighted by Gasteiger charge is -2.26. The number of aryl methyl sites for hydroxylation is 4. The van der Waals surface area contributed by atoms with Crippen LogP contribution in [0.15, 0.2) is 162 Å². The zero-order valence-corrected chi connectivity index (χ0v) is 29.3. The maximum Gasteiger partial charge on any atom is 0.136 e. The highest BCUT2D eigenvalue weighted by molar-refractivity contribution is 6.14.